The van der Waals surface area contributed by atoms with Gasteiger partial charge >= 0.3 is 0 Å². The molecule has 0 N–H and O–H groups in total. The highest BCUT2D eigenvalue weighted by atomic mass is 16.2. The van der Waals surface area contributed by atoms with Crippen LogP contribution in [0.5, 0.6) is 0 Å². The lowest BCUT2D eigenvalue weighted by atomic mass is 10.0. The van der Waals surface area contributed by atoms with Crippen LogP contribution in [0, 0.1) is 0 Å². The fraction of sp³-hybridized carbons (Fsp3) is 0.167. The summed E-state index contributed by atoms with van der Waals surface area (Å²) in [6.45, 7) is 1.20. The topological polar surface area (TPSA) is 46.1 Å². The van der Waals surface area contributed by atoms with Gasteiger partial charge in [0.15, 0.2) is 0 Å². The molecule has 0 bridgehead atoms. The maximum absolute atomic E-state index is 12.6. The van der Waals surface area contributed by atoms with Crippen molar-refractivity contribution in [1.82, 2.24) is 14.9 Å². The number of carbonyl (C=O) groups excluding carboxylic acids is 1. The summed E-state index contributed by atoms with van der Waals surface area (Å²) in [6, 6.07) is 14.3. The zero-order valence-corrected chi connectivity index (χ0v) is 12.1. The van der Waals surface area contributed by atoms with E-state index < -0.39 is 0 Å². The molecular formula is C18H15N3O. The number of carbonyl (C=O) groups is 1. The fourth-order valence-corrected chi connectivity index (χ4v) is 3.00. The Bertz CT molecular complexity index is 829. The van der Waals surface area contributed by atoms with E-state index in [1.807, 2.05) is 29.2 Å². The second-order valence-corrected chi connectivity index (χ2v) is 5.56. The molecule has 0 fully saturated rings. The number of amides is 1. The van der Waals surface area contributed by atoms with E-state index in [9.17, 15) is 4.79 Å². The molecule has 1 amide bonds. The Kier molecular flexibility index (Phi) is 3.07. The molecule has 22 heavy (non-hydrogen) atoms. The highest BCUT2D eigenvalue weighted by Gasteiger charge is 2.24. The van der Waals surface area contributed by atoms with Gasteiger partial charge in [0.05, 0.1) is 18.7 Å². The average Bonchev–Trinajstić information content (AvgIpc) is 2.99. The van der Waals surface area contributed by atoms with Crippen molar-refractivity contribution in [1.29, 1.82) is 0 Å². The number of fused-ring (bicyclic) bond motifs is 2. The molecule has 0 saturated heterocycles. The molecule has 108 valence electrons. The van der Waals surface area contributed by atoms with Crippen molar-refractivity contribution >= 4 is 16.7 Å². The molecule has 2 aromatic carbocycles. The first-order valence-electron chi connectivity index (χ1n) is 7.33. The SMILES string of the molecule is O=C(Cc1cccc2ccccc12)N1Cc2cncnc2C1. The first-order valence-corrected chi connectivity index (χ1v) is 7.33. The lowest BCUT2D eigenvalue weighted by Crippen LogP contribution is -2.27. The number of hydrogen-bond acceptors (Lipinski definition) is 3. The molecule has 4 heteroatoms. The smallest absolute Gasteiger partial charge is 0.227 e. The Morgan fingerprint density at radius 3 is 2.86 bits per heavy atom. The first-order chi connectivity index (χ1) is 10.8. The highest BCUT2D eigenvalue weighted by Crippen LogP contribution is 2.23. The zero-order chi connectivity index (χ0) is 14.9. The fourth-order valence-electron chi connectivity index (χ4n) is 3.00. The van der Waals surface area contributed by atoms with E-state index in [1.165, 1.54) is 11.7 Å². The van der Waals surface area contributed by atoms with Crippen LogP contribution in [0.3, 0.4) is 0 Å². The molecule has 0 saturated carbocycles. The molecule has 2 heterocycles. The maximum atomic E-state index is 12.6. The molecule has 4 rings (SSSR count). The minimum Gasteiger partial charge on any atom is -0.332 e. The van der Waals surface area contributed by atoms with Gasteiger partial charge in [0.2, 0.25) is 5.91 Å². The molecule has 1 aromatic heterocycles. The zero-order valence-electron chi connectivity index (χ0n) is 12.1. The van der Waals surface area contributed by atoms with Crippen molar-refractivity contribution < 1.29 is 4.79 Å². The first kappa shape index (κ1) is 13.0. The minimum atomic E-state index is 0.134. The van der Waals surface area contributed by atoms with Crippen LogP contribution in [0.15, 0.2) is 55.0 Å². The maximum Gasteiger partial charge on any atom is 0.227 e. The van der Waals surface area contributed by atoms with Crippen LogP contribution >= 0.6 is 0 Å². The van der Waals surface area contributed by atoms with Gasteiger partial charge in [-0.05, 0) is 16.3 Å². The summed E-state index contributed by atoms with van der Waals surface area (Å²) in [7, 11) is 0. The standard InChI is InChI=1S/C18H15N3O/c22-18(21-10-15-9-19-12-20-17(15)11-21)8-14-6-3-5-13-4-1-2-7-16(13)14/h1-7,9,12H,8,10-11H2. The summed E-state index contributed by atoms with van der Waals surface area (Å²) in [4.78, 5) is 22.7. The van der Waals surface area contributed by atoms with Gasteiger partial charge in [-0.25, -0.2) is 9.97 Å². The summed E-state index contributed by atoms with van der Waals surface area (Å²) >= 11 is 0. The molecule has 0 aliphatic carbocycles. The molecule has 0 atom stereocenters. The van der Waals surface area contributed by atoms with Crippen molar-refractivity contribution in [3.8, 4) is 0 Å². The van der Waals surface area contributed by atoms with Crippen molar-refractivity contribution in [3.05, 3.63) is 71.8 Å². The summed E-state index contributed by atoms with van der Waals surface area (Å²) in [5.41, 5.74) is 3.08. The number of rotatable bonds is 2. The van der Waals surface area contributed by atoms with E-state index >= 15 is 0 Å². The summed E-state index contributed by atoms with van der Waals surface area (Å²) in [5, 5.41) is 2.32. The number of hydrogen-bond donors (Lipinski definition) is 0. The van der Waals surface area contributed by atoms with Crippen LogP contribution in [0.1, 0.15) is 16.8 Å². The molecule has 0 unspecified atom stereocenters. The van der Waals surface area contributed by atoms with Gasteiger partial charge in [-0.15, -0.1) is 0 Å². The lowest BCUT2D eigenvalue weighted by molar-refractivity contribution is -0.131. The Balaban J connectivity index is 1.58. The quantitative estimate of drug-likeness (QED) is 0.728. The van der Waals surface area contributed by atoms with Crippen LogP contribution in [0.4, 0.5) is 0 Å². The normalized spacial score (nSPS) is 13.4. The third kappa shape index (κ3) is 2.22. The number of benzene rings is 2. The highest BCUT2D eigenvalue weighted by molar-refractivity contribution is 5.90. The Morgan fingerprint density at radius 1 is 1.09 bits per heavy atom. The van der Waals surface area contributed by atoms with Crippen LogP contribution in [0.2, 0.25) is 0 Å². The van der Waals surface area contributed by atoms with Gasteiger partial charge in [-0.1, -0.05) is 42.5 Å². The van der Waals surface area contributed by atoms with Crippen molar-refractivity contribution in [2.45, 2.75) is 19.5 Å². The summed E-state index contributed by atoms with van der Waals surface area (Å²) in [6.07, 6.45) is 3.76. The monoisotopic (exact) mass is 289 g/mol. The van der Waals surface area contributed by atoms with E-state index in [-0.39, 0.29) is 5.91 Å². The lowest BCUT2D eigenvalue weighted by Gasteiger charge is -2.15. The van der Waals surface area contributed by atoms with Crippen molar-refractivity contribution in [3.63, 3.8) is 0 Å². The molecule has 1 aliphatic heterocycles. The third-order valence-electron chi connectivity index (χ3n) is 4.16. The Hall–Kier alpha value is -2.75. The predicted octanol–water partition coefficient (Wildman–Crippen LogP) is 2.71. The summed E-state index contributed by atoms with van der Waals surface area (Å²) < 4.78 is 0. The summed E-state index contributed by atoms with van der Waals surface area (Å²) in [5.74, 6) is 0.134. The van der Waals surface area contributed by atoms with Crippen molar-refractivity contribution in [2.75, 3.05) is 0 Å². The largest absolute Gasteiger partial charge is 0.332 e. The van der Waals surface area contributed by atoms with Gasteiger partial charge in [0.25, 0.3) is 0 Å². The van der Waals surface area contributed by atoms with E-state index in [0.717, 1.165) is 22.2 Å². The molecule has 4 nitrogen and oxygen atoms in total. The van der Waals surface area contributed by atoms with Crippen molar-refractivity contribution in [2.24, 2.45) is 0 Å². The molecule has 0 radical (unpaired) electrons. The predicted molar refractivity (Wildman–Crippen MR) is 83.9 cm³/mol. The molecule has 1 aliphatic rings. The van der Waals surface area contributed by atoms with E-state index in [0.29, 0.717) is 19.5 Å². The van der Waals surface area contributed by atoms with Crippen LogP contribution in [0.25, 0.3) is 10.8 Å². The van der Waals surface area contributed by atoms with Crippen LogP contribution in [-0.2, 0) is 24.3 Å². The Labute approximate surface area is 128 Å². The average molecular weight is 289 g/mol. The van der Waals surface area contributed by atoms with Gasteiger partial charge in [0, 0.05) is 18.3 Å². The third-order valence-corrected chi connectivity index (χ3v) is 4.16. The van der Waals surface area contributed by atoms with E-state index in [1.54, 1.807) is 6.20 Å². The Morgan fingerprint density at radius 2 is 1.95 bits per heavy atom. The van der Waals surface area contributed by atoms with Gasteiger partial charge in [-0.3, -0.25) is 4.79 Å². The van der Waals surface area contributed by atoms with E-state index in [2.05, 4.69) is 28.2 Å². The van der Waals surface area contributed by atoms with Gasteiger partial charge < -0.3 is 4.90 Å². The molecule has 3 aromatic rings. The van der Waals surface area contributed by atoms with Crippen LogP contribution < -0.4 is 0 Å². The van der Waals surface area contributed by atoms with Gasteiger partial charge in [0.1, 0.15) is 6.33 Å². The molecule has 0 spiro atoms. The van der Waals surface area contributed by atoms with E-state index in [4.69, 9.17) is 0 Å². The second kappa shape index (κ2) is 5.22. The minimum absolute atomic E-state index is 0.134. The second-order valence-electron chi connectivity index (χ2n) is 5.56. The van der Waals surface area contributed by atoms with Crippen LogP contribution in [-0.4, -0.2) is 20.8 Å². The number of aromatic nitrogens is 2. The molecular weight excluding hydrogens is 274 g/mol. The number of nitrogens with zero attached hydrogens (tertiary/aromatic N) is 3. The van der Waals surface area contributed by atoms with Gasteiger partial charge in [-0.2, -0.15) is 0 Å².